The van der Waals surface area contributed by atoms with E-state index in [1.165, 1.54) is 17.7 Å². The number of benzene rings is 2. The second-order valence-corrected chi connectivity index (χ2v) is 8.21. The Hall–Kier alpha value is -2.22. The van der Waals surface area contributed by atoms with Crippen LogP contribution in [0.4, 0.5) is 0 Å². The second kappa shape index (κ2) is 9.64. The molecule has 146 valence electrons. The number of carbonyl (C=O) groups excluding carboxylic acids is 1. The number of nitrogens with two attached hydrogens (primary N) is 1. The van der Waals surface area contributed by atoms with Gasteiger partial charge in [0.05, 0.1) is 11.4 Å². The lowest BCUT2D eigenvalue weighted by Crippen LogP contribution is -2.36. The van der Waals surface area contributed by atoms with Gasteiger partial charge in [0.2, 0.25) is 15.9 Å². The molecule has 27 heavy (non-hydrogen) atoms. The van der Waals surface area contributed by atoms with Crippen LogP contribution in [-0.2, 0) is 21.2 Å². The maximum absolute atomic E-state index is 12.1. The van der Waals surface area contributed by atoms with Gasteiger partial charge < -0.3 is 5.32 Å². The molecule has 0 aliphatic rings. The Bertz CT molecular complexity index is 837. The number of sulfonamides is 1. The molecule has 1 amide bonds. The van der Waals surface area contributed by atoms with Gasteiger partial charge in [-0.05, 0) is 50.1 Å². The summed E-state index contributed by atoms with van der Waals surface area (Å²) in [4.78, 5) is 14.1. The van der Waals surface area contributed by atoms with Gasteiger partial charge in [-0.25, -0.2) is 13.6 Å². The van der Waals surface area contributed by atoms with Crippen molar-refractivity contribution in [2.75, 3.05) is 20.1 Å². The van der Waals surface area contributed by atoms with Crippen molar-refractivity contribution in [1.29, 1.82) is 0 Å². The van der Waals surface area contributed by atoms with Crippen molar-refractivity contribution in [2.24, 2.45) is 5.14 Å². The molecule has 3 N–H and O–H groups in total. The molecule has 2 rings (SSSR count). The van der Waals surface area contributed by atoms with Crippen LogP contribution in [0.5, 0.6) is 0 Å². The molecule has 6 nitrogen and oxygen atoms in total. The summed E-state index contributed by atoms with van der Waals surface area (Å²) in [7, 11) is -1.83. The monoisotopic (exact) mass is 389 g/mol. The highest BCUT2D eigenvalue weighted by atomic mass is 32.2. The molecule has 0 aliphatic carbocycles. The normalized spacial score (nSPS) is 12.7. The molecule has 0 heterocycles. The number of aryl methyl sites for hydroxylation is 1. The molecule has 0 unspecified atom stereocenters. The van der Waals surface area contributed by atoms with E-state index in [-0.39, 0.29) is 23.4 Å². The summed E-state index contributed by atoms with van der Waals surface area (Å²) in [5, 5.41) is 8.06. The molecule has 2 aromatic carbocycles. The highest BCUT2D eigenvalue weighted by Gasteiger charge is 2.16. The third kappa shape index (κ3) is 6.78. The van der Waals surface area contributed by atoms with Crippen LogP contribution in [0.25, 0.3) is 0 Å². The zero-order valence-electron chi connectivity index (χ0n) is 15.8. The molecule has 0 fully saturated rings. The Morgan fingerprint density at radius 2 is 1.74 bits per heavy atom. The fourth-order valence-electron chi connectivity index (χ4n) is 2.77. The van der Waals surface area contributed by atoms with Gasteiger partial charge in [0.25, 0.3) is 0 Å². The average molecular weight is 390 g/mol. The van der Waals surface area contributed by atoms with Crippen LogP contribution in [0, 0.1) is 0 Å². The molecule has 2 aromatic rings. The lowest BCUT2D eigenvalue weighted by Gasteiger charge is -2.24. The van der Waals surface area contributed by atoms with Crippen LogP contribution < -0.4 is 10.5 Å². The van der Waals surface area contributed by atoms with Gasteiger partial charge in [-0.3, -0.25) is 9.69 Å². The van der Waals surface area contributed by atoms with Crippen LogP contribution in [0.15, 0.2) is 59.5 Å². The highest BCUT2D eigenvalue weighted by molar-refractivity contribution is 7.89. The molecule has 0 aromatic heterocycles. The zero-order valence-corrected chi connectivity index (χ0v) is 16.6. The number of nitrogens with zero attached hydrogens (tertiary/aromatic N) is 1. The summed E-state index contributed by atoms with van der Waals surface area (Å²) in [5.74, 6) is -0.0291. The summed E-state index contributed by atoms with van der Waals surface area (Å²) in [5.41, 5.74) is 2.18. The minimum atomic E-state index is -3.70. The molecule has 0 saturated heterocycles. The van der Waals surface area contributed by atoms with Gasteiger partial charge in [0, 0.05) is 12.6 Å². The van der Waals surface area contributed by atoms with Gasteiger partial charge in [-0.2, -0.15) is 0 Å². The van der Waals surface area contributed by atoms with Gasteiger partial charge in [0.1, 0.15) is 0 Å². The predicted octanol–water partition coefficient (Wildman–Crippen LogP) is 2.08. The molecular weight excluding hydrogens is 362 g/mol. The van der Waals surface area contributed by atoms with Crippen LogP contribution in [0.2, 0.25) is 0 Å². The standard InChI is InChI=1S/C20H27N3O3S/c1-16(18-10-12-19(13-11-18)27(21,25)26)23(2)15-20(24)22-14-6-9-17-7-4-3-5-8-17/h3-5,7-8,10-13,16H,6,9,14-15H2,1-2H3,(H,22,24)(H2,21,25,26)/t16-/m0/s1. The fourth-order valence-corrected chi connectivity index (χ4v) is 3.29. The Kier molecular flexibility index (Phi) is 7.53. The maximum atomic E-state index is 12.1. The largest absolute Gasteiger partial charge is 0.355 e. The molecule has 0 spiro atoms. The maximum Gasteiger partial charge on any atom is 0.238 e. The lowest BCUT2D eigenvalue weighted by atomic mass is 10.1. The van der Waals surface area contributed by atoms with E-state index in [1.807, 2.05) is 37.1 Å². The summed E-state index contributed by atoms with van der Waals surface area (Å²) < 4.78 is 22.6. The van der Waals surface area contributed by atoms with E-state index in [0.717, 1.165) is 18.4 Å². The second-order valence-electron chi connectivity index (χ2n) is 6.64. The van der Waals surface area contributed by atoms with E-state index in [9.17, 15) is 13.2 Å². The zero-order chi connectivity index (χ0) is 19.9. The predicted molar refractivity (Wildman–Crippen MR) is 107 cm³/mol. The number of carbonyl (C=O) groups is 1. The van der Waals surface area contributed by atoms with E-state index in [2.05, 4.69) is 17.4 Å². The lowest BCUT2D eigenvalue weighted by molar-refractivity contribution is -0.122. The van der Waals surface area contributed by atoms with Crippen molar-refractivity contribution in [3.63, 3.8) is 0 Å². The highest BCUT2D eigenvalue weighted by Crippen LogP contribution is 2.20. The fraction of sp³-hybridized carbons (Fsp3) is 0.350. The van der Waals surface area contributed by atoms with E-state index in [4.69, 9.17) is 5.14 Å². The minimum Gasteiger partial charge on any atom is -0.355 e. The molecule has 1 atom stereocenters. The Balaban J connectivity index is 1.77. The van der Waals surface area contributed by atoms with E-state index < -0.39 is 10.0 Å². The number of likely N-dealkylation sites (N-methyl/N-ethyl adjacent to an activating group) is 1. The first-order valence-electron chi connectivity index (χ1n) is 8.91. The Morgan fingerprint density at radius 1 is 1.11 bits per heavy atom. The number of hydrogen-bond acceptors (Lipinski definition) is 4. The first kappa shape index (κ1) is 21.1. The molecule has 0 saturated carbocycles. The molecular formula is C20H27N3O3S. The SMILES string of the molecule is C[C@@H](c1ccc(S(N)(=O)=O)cc1)N(C)CC(=O)NCCCc1ccccc1. The summed E-state index contributed by atoms with van der Waals surface area (Å²) in [6, 6.07) is 16.6. The van der Waals surface area contributed by atoms with Crippen LogP contribution in [-0.4, -0.2) is 39.4 Å². The Morgan fingerprint density at radius 3 is 2.33 bits per heavy atom. The molecule has 0 aliphatic heterocycles. The third-order valence-electron chi connectivity index (χ3n) is 4.55. The van der Waals surface area contributed by atoms with Crippen molar-refractivity contribution in [3.8, 4) is 0 Å². The van der Waals surface area contributed by atoms with Crippen LogP contribution in [0.1, 0.15) is 30.5 Å². The summed E-state index contributed by atoms with van der Waals surface area (Å²) >= 11 is 0. The average Bonchev–Trinajstić information content (AvgIpc) is 2.65. The van der Waals surface area contributed by atoms with E-state index in [1.54, 1.807) is 12.1 Å². The van der Waals surface area contributed by atoms with Crippen LogP contribution in [0.3, 0.4) is 0 Å². The first-order chi connectivity index (χ1) is 12.8. The minimum absolute atomic E-state index is 0.0291. The number of nitrogens with one attached hydrogen (secondary N) is 1. The third-order valence-corrected chi connectivity index (χ3v) is 5.48. The molecule has 0 radical (unpaired) electrons. The number of amides is 1. The smallest absolute Gasteiger partial charge is 0.238 e. The van der Waals surface area contributed by atoms with E-state index >= 15 is 0 Å². The number of primary sulfonamides is 1. The molecule has 7 heteroatoms. The van der Waals surface area contributed by atoms with Crippen LogP contribution >= 0.6 is 0 Å². The Labute approximate surface area is 161 Å². The van der Waals surface area contributed by atoms with E-state index in [0.29, 0.717) is 6.54 Å². The molecule has 0 bridgehead atoms. The summed E-state index contributed by atoms with van der Waals surface area (Å²) in [6.45, 7) is 2.87. The first-order valence-corrected chi connectivity index (χ1v) is 10.5. The van der Waals surface area contributed by atoms with Crippen molar-refractivity contribution in [2.45, 2.75) is 30.7 Å². The number of hydrogen-bond donors (Lipinski definition) is 2. The van der Waals surface area contributed by atoms with Gasteiger partial charge in [-0.1, -0.05) is 42.5 Å². The van der Waals surface area contributed by atoms with Crippen molar-refractivity contribution in [1.82, 2.24) is 10.2 Å². The van der Waals surface area contributed by atoms with Crippen molar-refractivity contribution < 1.29 is 13.2 Å². The number of rotatable bonds is 9. The van der Waals surface area contributed by atoms with Crippen molar-refractivity contribution in [3.05, 3.63) is 65.7 Å². The topological polar surface area (TPSA) is 92.5 Å². The van der Waals surface area contributed by atoms with Gasteiger partial charge >= 0.3 is 0 Å². The quantitative estimate of drug-likeness (QED) is 0.642. The summed E-state index contributed by atoms with van der Waals surface area (Å²) in [6.07, 6.45) is 1.83. The van der Waals surface area contributed by atoms with Gasteiger partial charge in [0.15, 0.2) is 0 Å². The van der Waals surface area contributed by atoms with Crippen molar-refractivity contribution >= 4 is 15.9 Å². The van der Waals surface area contributed by atoms with Gasteiger partial charge in [-0.15, -0.1) is 0 Å².